The van der Waals surface area contributed by atoms with Gasteiger partial charge in [-0.05, 0) is 30.5 Å². The molecule has 1 unspecified atom stereocenters. The second-order valence-corrected chi connectivity index (χ2v) is 8.23. The molecule has 1 saturated heterocycles. The number of carbonyl (C=O) groups is 5. The summed E-state index contributed by atoms with van der Waals surface area (Å²) in [5.41, 5.74) is 9.03. The van der Waals surface area contributed by atoms with Gasteiger partial charge in [0.05, 0.1) is 37.6 Å². The fraction of sp³-hybridized carbons (Fsp3) is 0.522. The van der Waals surface area contributed by atoms with Gasteiger partial charge in [-0.1, -0.05) is 11.2 Å². The molecule has 5 amide bonds. The van der Waals surface area contributed by atoms with E-state index >= 15 is 0 Å². The highest BCUT2D eigenvalue weighted by molar-refractivity contribution is 6.25. The highest BCUT2D eigenvalue weighted by atomic mass is 16.5. The molecule has 0 spiro atoms. The van der Waals surface area contributed by atoms with Crippen LogP contribution >= 0.6 is 0 Å². The van der Waals surface area contributed by atoms with Crippen LogP contribution in [0.4, 0.5) is 5.69 Å². The van der Waals surface area contributed by atoms with Gasteiger partial charge in [0.1, 0.15) is 6.04 Å². The number of azide groups is 1. The largest absolute Gasteiger partial charge is 0.382 e. The van der Waals surface area contributed by atoms with Gasteiger partial charge in [-0.15, -0.1) is 0 Å². The zero-order chi connectivity index (χ0) is 26.6. The van der Waals surface area contributed by atoms with E-state index < -0.39 is 29.7 Å². The predicted octanol–water partition coefficient (Wildman–Crippen LogP) is 0.740. The third kappa shape index (κ3) is 7.49. The van der Waals surface area contributed by atoms with Gasteiger partial charge >= 0.3 is 0 Å². The monoisotopic (exact) mass is 515 g/mol. The molecule has 1 aromatic rings. The van der Waals surface area contributed by atoms with Crippen molar-refractivity contribution < 1.29 is 33.4 Å². The highest BCUT2D eigenvalue weighted by Crippen LogP contribution is 2.32. The molecular formula is C23H29N7O7. The first kappa shape index (κ1) is 27.6. The van der Waals surface area contributed by atoms with Crippen LogP contribution in [0.1, 0.15) is 46.4 Å². The molecular weight excluding hydrogens is 486 g/mol. The number of anilines is 1. The second kappa shape index (κ2) is 13.9. The third-order valence-corrected chi connectivity index (χ3v) is 5.70. The minimum absolute atomic E-state index is 0.0603. The first-order valence-electron chi connectivity index (χ1n) is 12.0. The lowest BCUT2D eigenvalue weighted by Gasteiger charge is -2.27. The number of benzene rings is 1. The van der Waals surface area contributed by atoms with E-state index in [0.717, 1.165) is 4.90 Å². The van der Waals surface area contributed by atoms with Crippen molar-refractivity contribution in [2.24, 2.45) is 5.11 Å². The smallest absolute Gasteiger partial charge is 0.264 e. The summed E-state index contributed by atoms with van der Waals surface area (Å²) >= 11 is 0. The Bertz CT molecular complexity index is 1090. The first-order valence-corrected chi connectivity index (χ1v) is 12.0. The van der Waals surface area contributed by atoms with E-state index in [9.17, 15) is 24.0 Å². The Labute approximate surface area is 212 Å². The lowest BCUT2D eigenvalue weighted by molar-refractivity contribution is -0.136. The molecule has 0 aromatic heterocycles. The molecule has 3 rings (SSSR count). The zero-order valence-corrected chi connectivity index (χ0v) is 20.2. The van der Waals surface area contributed by atoms with Crippen LogP contribution in [0.15, 0.2) is 23.3 Å². The van der Waals surface area contributed by atoms with Crippen molar-refractivity contribution in [1.82, 2.24) is 15.5 Å². The molecule has 0 radical (unpaired) electrons. The summed E-state index contributed by atoms with van der Waals surface area (Å²) in [6.45, 7) is 2.32. The molecule has 37 heavy (non-hydrogen) atoms. The number of piperidine rings is 1. The summed E-state index contributed by atoms with van der Waals surface area (Å²) in [7, 11) is 0. The molecule has 1 fully saturated rings. The molecule has 2 aliphatic heterocycles. The molecule has 14 nitrogen and oxygen atoms in total. The quantitative estimate of drug-likeness (QED) is 0.100. The van der Waals surface area contributed by atoms with Crippen molar-refractivity contribution in [1.29, 1.82) is 0 Å². The first-order chi connectivity index (χ1) is 17.9. The standard InChI is InChI=1S/C23H29N7O7/c24-29-27-8-2-5-18(31)26-10-12-37-14-13-36-11-9-25-16-4-1-3-15-20(16)23(35)30(22(15)34)17-6-7-19(32)28-21(17)33/h1,3-4,17,25H,2,5-14H2,(H,26,31)(H,28,32,33). The van der Waals surface area contributed by atoms with Crippen LogP contribution in [0, 0.1) is 0 Å². The van der Waals surface area contributed by atoms with Gasteiger partial charge < -0.3 is 20.1 Å². The summed E-state index contributed by atoms with van der Waals surface area (Å²) < 4.78 is 10.9. The summed E-state index contributed by atoms with van der Waals surface area (Å²) in [6.07, 6.45) is 0.937. The summed E-state index contributed by atoms with van der Waals surface area (Å²) in [5, 5.41) is 11.3. The molecule has 2 heterocycles. The predicted molar refractivity (Wildman–Crippen MR) is 129 cm³/mol. The lowest BCUT2D eigenvalue weighted by atomic mass is 10.0. The maximum Gasteiger partial charge on any atom is 0.264 e. The number of hydrogen-bond donors (Lipinski definition) is 3. The van der Waals surface area contributed by atoms with Gasteiger partial charge in [0, 0.05) is 43.1 Å². The number of nitrogens with zero attached hydrogens (tertiary/aromatic N) is 4. The van der Waals surface area contributed by atoms with E-state index in [1.807, 2.05) is 0 Å². The maximum absolute atomic E-state index is 13.0. The Hall–Kier alpha value is -4.00. The second-order valence-electron chi connectivity index (χ2n) is 8.23. The molecule has 1 atom stereocenters. The van der Waals surface area contributed by atoms with Gasteiger partial charge in [-0.25, -0.2) is 0 Å². The number of nitrogens with one attached hydrogen (secondary N) is 3. The molecule has 2 aliphatic rings. The minimum atomic E-state index is -1.02. The van der Waals surface area contributed by atoms with E-state index in [4.69, 9.17) is 15.0 Å². The Kier molecular flexibility index (Phi) is 10.4. The van der Waals surface area contributed by atoms with Gasteiger partial charge in [0.25, 0.3) is 11.8 Å². The van der Waals surface area contributed by atoms with Crippen molar-refractivity contribution in [2.45, 2.75) is 31.7 Å². The third-order valence-electron chi connectivity index (χ3n) is 5.70. The molecule has 0 bridgehead atoms. The fourth-order valence-corrected chi connectivity index (χ4v) is 3.95. The number of rotatable bonds is 15. The van der Waals surface area contributed by atoms with Crippen molar-refractivity contribution in [3.8, 4) is 0 Å². The van der Waals surface area contributed by atoms with Gasteiger partial charge in [-0.2, -0.15) is 0 Å². The number of fused-ring (bicyclic) bond motifs is 1. The minimum Gasteiger partial charge on any atom is -0.382 e. The zero-order valence-electron chi connectivity index (χ0n) is 20.2. The van der Waals surface area contributed by atoms with Gasteiger partial charge in [0.2, 0.25) is 17.7 Å². The number of hydrogen-bond acceptors (Lipinski definition) is 9. The SMILES string of the molecule is [N-]=[N+]=NCCCC(=O)NCCOCCOCCNc1cccc2c1C(=O)N(C1CCC(=O)NC1=O)C2=O. The van der Waals surface area contributed by atoms with Gasteiger partial charge in [0.15, 0.2) is 0 Å². The average Bonchev–Trinajstić information content (AvgIpc) is 3.13. The van der Waals surface area contributed by atoms with Gasteiger partial charge in [-0.3, -0.25) is 34.2 Å². The number of carbonyl (C=O) groups excluding carboxylic acids is 5. The molecule has 0 aliphatic carbocycles. The van der Waals surface area contributed by atoms with E-state index in [1.165, 1.54) is 6.07 Å². The van der Waals surface area contributed by atoms with Crippen LogP contribution in [0.2, 0.25) is 0 Å². The lowest BCUT2D eigenvalue weighted by Crippen LogP contribution is -2.54. The fourth-order valence-electron chi connectivity index (χ4n) is 3.95. The topological polar surface area (TPSA) is 192 Å². The maximum atomic E-state index is 13.0. The molecule has 198 valence electrons. The Morgan fingerprint density at radius 2 is 1.86 bits per heavy atom. The van der Waals surface area contributed by atoms with Crippen LogP contribution in [-0.2, 0) is 23.9 Å². The molecule has 1 aromatic carbocycles. The molecule has 14 heteroatoms. The summed E-state index contributed by atoms with van der Waals surface area (Å²) in [6, 6.07) is 3.84. The van der Waals surface area contributed by atoms with Crippen LogP contribution in [0.5, 0.6) is 0 Å². The van der Waals surface area contributed by atoms with Crippen LogP contribution < -0.4 is 16.0 Å². The summed E-state index contributed by atoms with van der Waals surface area (Å²) in [5.74, 6) is -2.34. The van der Waals surface area contributed by atoms with Crippen LogP contribution in [-0.4, -0.2) is 86.5 Å². The van der Waals surface area contributed by atoms with Crippen molar-refractivity contribution in [3.05, 3.63) is 39.8 Å². The number of imide groups is 2. The Morgan fingerprint density at radius 1 is 1.11 bits per heavy atom. The van der Waals surface area contributed by atoms with E-state index in [1.54, 1.807) is 12.1 Å². The van der Waals surface area contributed by atoms with Crippen molar-refractivity contribution in [2.75, 3.05) is 51.4 Å². The van der Waals surface area contributed by atoms with E-state index in [-0.39, 0.29) is 42.8 Å². The van der Waals surface area contributed by atoms with E-state index in [0.29, 0.717) is 51.6 Å². The van der Waals surface area contributed by atoms with Crippen molar-refractivity contribution >= 4 is 35.2 Å². The number of amides is 5. The normalized spacial score (nSPS) is 16.8. The Balaban J connectivity index is 1.34. The molecule has 3 N–H and O–H groups in total. The van der Waals surface area contributed by atoms with Crippen molar-refractivity contribution in [3.63, 3.8) is 0 Å². The average molecular weight is 516 g/mol. The number of ether oxygens (including phenoxy) is 2. The van der Waals surface area contributed by atoms with E-state index in [2.05, 4.69) is 26.0 Å². The summed E-state index contributed by atoms with van der Waals surface area (Å²) in [4.78, 5) is 64.6. The van der Waals surface area contributed by atoms with Crippen LogP contribution in [0.25, 0.3) is 10.4 Å². The van der Waals surface area contributed by atoms with Crippen LogP contribution in [0.3, 0.4) is 0 Å². The molecule has 0 saturated carbocycles. The highest BCUT2D eigenvalue weighted by Gasteiger charge is 2.45. The Morgan fingerprint density at radius 3 is 2.59 bits per heavy atom.